The SMILES string of the molecule is N#CC1CN(C2CCc3cc(N)ccc32)CCO1. The molecule has 0 saturated carbocycles. The van der Waals surface area contributed by atoms with Gasteiger partial charge in [-0.05, 0) is 36.1 Å². The molecule has 2 atom stereocenters. The normalized spacial score (nSPS) is 27.7. The van der Waals surface area contributed by atoms with Crippen LogP contribution in [0.5, 0.6) is 0 Å². The molecule has 1 fully saturated rings. The third kappa shape index (κ3) is 1.96. The summed E-state index contributed by atoms with van der Waals surface area (Å²) in [5, 5.41) is 8.97. The van der Waals surface area contributed by atoms with Gasteiger partial charge in [-0.1, -0.05) is 6.07 Å². The quantitative estimate of drug-likeness (QED) is 0.759. The maximum absolute atomic E-state index is 8.97. The lowest BCUT2D eigenvalue weighted by molar-refractivity contribution is -0.0173. The lowest BCUT2D eigenvalue weighted by atomic mass is 10.1. The van der Waals surface area contributed by atoms with Gasteiger partial charge in [-0.15, -0.1) is 0 Å². The first kappa shape index (κ1) is 11.5. The number of fused-ring (bicyclic) bond motifs is 1. The Kier molecular flexibility index (Phi) is 2.94. The molecule has 4 nitrogen and oxygen atoms in total. The van der Waals surface area contributed by atoms with Gasteiger partial charge in [0.2, 0.25) is 0 Å². The minimum atomic E-state index is -0.281. The van der Waals surface area contributed by atoms with E-state index in [1.54, 1.807) is 0 Å². The molecule has 2 unspecified atom stereocenters. The van der Waals surface area contributed by atoms with E-state index in [0.29, 0.717) is 19.2 Å². The summed E-state index contributed by atoms with van der Waals surface area (Å²) in [6.07, 6.45) is 1.92. The lowest BCUT2D eigenvalue weighted by Gasteiger charge is -2.34. The van der Waals surface area contributed by atoms with E-state index in [1.165, 1.54) is 11.1 Å². The van der Waals surface area contributed by atoms with Crippen LogP contribution in [-0.2, 0) is 11.2 Å². The zero-order valence-electron chi connectivity index (χ0n) is 10.3. The number of nitriles is 1. The van der Waals surface area contributed by atoms with E-state index in [4.69, 9.17) is 15.7 Å². The Morgan fingerprint density at radius 2 is 2.33 bits per heavy atom. The molecule has 18 heavy (non-hydrogen) atoms. The van der Waals surface area contributed by atoms with Crippen LogP contribution in [0.2, 0.25) is 0 Å². The molecule has 1 aromatic rings. The molecular weight excluding hydrogens is 226 g/mol. The van der Waals surface area contributed by atoms with Crippen molar-refractivity contribution in [1.29, 1.82) is 5.26 Å². The van der Waals surface area contributed by atoms with Crippen LogP contribution in [0.3, 0.4) is 0 Å². The van der Waals surface area contributed by atoms with E-state index >= 15 is 0 Å². The second-order valence-corrected chi connectivity index (χ2v) is 5.00. The predicted molar refractivity (Wildman–Crippen MR) is 68.8 cm³/mol. The van der Waals surface area contributed by atoms with E-state index in [1.807, 2.05) is 6.07 Å². The third-order valence-corrected chi connectivity index (χ3v) is 3.90. The standard InChI is InChI=1S/C14H17N3O/c15-8-12-9-17(5-6-18-12)14-4-1-10-7-11(16)2-3-13(10)14/h2-3,7,12,14H,1,4-6,9,16H2. The number of rotatable bonds is 1. The largest absolute Gasteiger partial charge is 0.399 e. The predicted octanol–water partition coefficient (Wildman–Crippen LogP) is 1.48. The number of anilines is 1. The zero-order valence-corrected chi connectivity index (χ0v) is 10.3. The Hall–Kier alpha value is -1.57. The average Bonchev–Trinajstić information content (AvgIpc) is 2.81. The van der Waals surface area contributed by atoms with Crippen LogP contribution in [0, 0.1) is 11.3 Å². The average molecular weight is 243 g/mol. The summed E-state index contributed by atoms with van der Waals surface area (Å²) in [4.78, 5) is 2.37. The van der Waals surface area contributed by atoms with Crippen LogP contribution in [0.25, 0.3) is 0 Å². The minimum Gasteiger partial charge on any atom is -0.399 e. The van der Waals surface area contributed by atoms with E-state index in [-0.39, 0.29) is 6.10 Å². The van der Waals surface area contributed by atoms with Crippen molar-refractivity contribution in [2.24, 2.45) is 0 Å². The van der Waals surface area contributed by atoms with Crippen molar-refractivity contribution in [2.75, 3.05) is 25.4 Å². The highest BCUT2D eigenvalue weighted by molar-refractivity contribution is 5.47. The molecule has 3 rings (SSSR count). The number of hydrogen-bond acceptors (Lipinski definition) is 4. The first-order valence-electron chi connectivity index (χ1n) is 6.41. The second kappa shape index (κ2) is 4.60. The van der Waals surface area contributed by atoms with E-state index < -0.39 is 0 Å². The highest BCUT2D eigenvalue weighted by Crippen LogP contribution is 2.37. The maximum atomic E-state index is 8.97. The molecule has 2 N–H and O–H groups in total. The Morgan fingerprint density at radius 3 is 3.17 bits per heavy atom. The Labute approximate surface area is 107 Å². The fourth-order valence-corrected chi connectivity index (χ4v) is 3.02. The number of benzene rings is 1. The van der Waals surface area contributed by atoms with Gasteiger partial charge in [-0.25, -0.2) is 0 Å². The molecule has 0 radical (unpaired) electrons. The number of hydrogen-bond donors (Lipinski definition) is 1. The summed E-state index contributed by atoms with van der Waals surface area (Å²) in [6.45, 7) is 2.27. The van der Waals surface area contributed by atoms with Gasteiger partial charge < -0.3 is 10.5 Å². The number of aryl methyl sites for hydroxylation is 1. The summed E-state index contributed by atoms with van der Waals surface area (Å²) >= 11 is 0. The van der Waals surface area contributed by atoms with Crippen molar-refractivity contribution in [3.63, 3.8) is 0 Å². The van der Waals surface area contributed by atoms with Crippen LogP contribution >= 0.6 is 0 Å². The maximum Gasteiger partial charge on any atom is 0.156 e. The fraction of sp³-hybridized carbons (Fsp3) is 0.500. The number of nitrogens with zero attached hydrogens (tertiary/aromatic N) is 2. The van der Waals surface area contributed by atoms with Gasteiger partial charge >= 0.3 is 0 Å². The van der Waals surface area contributed by atoms with Gasteiger partial charge in [-0.3, -0.25) is 4.90 Å². The highest BCUT2D eigenvalue weighted by Gasteiger charge is 2.31. The van der Waals surface area contributed by atoms with E-state index in [0.717, 1.165) is 25.1 Å². The Bertz CT molecular complexity index is 494. The molecule has 0 bridgehead atoms. The molecular formula is C14H17N3O. The zero-order chi connectivity index (χ0) is 12.5. The second-order valence-electron chi connectivity index (χ2n) is 5.00. The van der Waals surface area contributed by atoms with E-state index in [2.05, 4.69) is 23.1 Å². The molecule has 1 aromatic carbocycles. The summed E-state index contributed by atoms with van der Waals surface area (Å²) in [7, 11) is 0. The van der Waals surface area contributed by atoms with Crippen molar-refractivity contribution in [1.82, 2.24) is 4.90 Å². The first-order chi connectivity index (χ1) is 8.78. The van der Waals surface area contributed by atoms with Crippen molar-refractivity contribution in [3.05, 3.63) is 29.3 Å². The van der Waals surface area contributed by atoms with E-state index in [9.17, 15) is 0 Å². The third-order valence-electron chi connectivity index (χ3n) is 3.90. The lowest BCUT2D eigenvalue weighted by Crippen LogP contribution is -2.43. The molecule has 1 saturated heterocycles. The smallest absolute Gasteiger partial charge is 0.156 e. The van der Waals surface area contributed by atoms with Crippen LogP contribution in [0.4, 0.5) is 5.69 Å². The minimum absolute atomic E-state index is 0.281. The van der Waals surface area contributed by atoms with Crippen LogP contribution in [0.1, 0.15) is 23.6 Å². The number of ether oxygens (including phenoxy) is 1. The van der Waals surface area contributed by atoms with Gasteiger partial charge in [0.05, 0.1) is 12.7 Å². The van der Waals surface area contributed by atoms with Gasteiger partial charge in [-0.2, -0.15) is 5.26 Å². The molecule has 0 amide bonds. The first-order valence-corrected chi connectivity index (χ1v) is 6.41. The number of morpholine rings is 1. The molecule has 1 aliphatic heterocycles. The summed E-state index contributed by atoms with van der Waals surface area (Å²) < 4.78 is 5.40. The molecule has 1 heterocycles. The van der Waals surface area contributed by atoms with Gasteiger partial charge in [0, 0.05) is 24.8 Å². The molecule has 0 spiro atoms. The summed E-state index contributed by atoms with van der Waals surface area (Å²) in [6, 6.07) is 8.83. The van der Waals surface area contributed by atoms with Crippen molar-refractivity contribution in [2.45, 2.75) is 25.0 Å². The van der Waals surface area contributed by atoms with Crippen molar-refractivity contribution >= 4 is 5.69 Å². The molecule has 2 aliphatic rings. The van der Waals surface area contributed by atoms with Crippen molar-refractivity contribution < 1.29 is 4.74 Å². The van der Waals surface area contributed by atoms with Crippen molar-refractivity contribution in [3.8, 4) is 6.07 Å². The number of nitrogen functional groups attached to an aromatic ring is 1. The Morgan fingerprint density at radius 1 is 1.44 bits per heavy atom. The fourth-order valence-electron chi connectivity index (χ4n) is 3.02. The topological polar surface area (TPSA) is 62.3 Å². The highest BCUT2D eigenvalue weighted by atomic mass is 16.5. The van der Waals surface area contributed by atoms with Gasteiger partial charge in [0.25, 0.3) is 0 Å². The molecule has 94 valence electrons. The van der Waals surface area contributed by atoms with Gasteiger partial charge in [0.15, 0.2) is 6.10 Å². The number of nitrogens with two attached hydrogens (primary N) is 1. The van der Waals surface area contributed by atoms with Crippen LogP contribution in [-0.4, -0.2) is 30.7 Å². The van der Waals surface area contributed by atoms with Crippen LogP contribution < -0.4 is 5.73 Å². The Balaban J connectivity index is 1.82. The molecule has 4 heteroatoms. The van der Waals surface area contributed by atoms with Gasteiger partial charge in [0.1, 0.15) is 0 Å². The molecule has 1 aliphatic carbocycles. The monoisotopic (exact) mass is 243 g/mol. The molecule has 0 aromatic heterocycles. The van der Waals surface area contributed by atoms with Crippen LogP contribution in [0.15, 0.2) is 18.2 Å². The summed E-state index contributed by atoms with van der Waals surface area (Å²) in [5.74, 6) is 0. The summed E-state index contributed by atoms with van der Waals surface area (Å²) in [5.41, 5.74) is 9.40.